The Kier molecular flexibility index (Phi) is 6.95. The van der Waals surface area contributed by atoms with E-state index in [4.69, 9.17) is 32.7 Å². The number of amides is 3. The second-order valence-corrected chi connectivity index (χ2v) is 8.15. The first-order valence-corrected chi connectivity index (χ1v) is 11.0. The van der Waals surface area contributed by atoms with E-state index in [1.54, 1.807) is 60.7 Å². The Morgan fingerprint density at radius 3 is 2.29 bits per heavy atom. The highest BCUT2D eigenvalue weighted by Crippen LogP contribution is 2.32. The van der Waals surface area contributed by atoms with Gasteiger partial charge < -0.3 is 20.1 Å². The van der Waals surface area contributed by atoms with Crippen molar-refractivity contribution in [3.8, 4) is 11.5 Å². The summed E-state index contributed by atoms with van der Waals surface area (Å²) in [6.07, 6.45) is 0. The van der Waals surface area contributed by atoms with Gasteiger partial charge in [0.05, 0.1) is 25.6 Å². The molecule has 3 aromatic rings. The standard InChI is InChI=1S/C25H19Cl2N3O5/c1-34-18-10-11-20(35-2)19(13-18)29-23(31)14-6-8-16(9-7-14)28-22-21(27)24(32)30(25(22)33)17-5-3-4-15(26)12-17/h3-13,28H,1-2H3,(H,29,31). The first kappa shape index (κ1) is 24.1. The lowest BCUT2D eigenvalue weighted by Crippen LogP contribution is -2.32. The first-order chi connectivity index (χ1) is 16.8. The maximum Gasteiger partial charge on any atom is 0.283 e. The molecule has 8 nitrogen and oxygen atoms in total. The summed E-state index contributed by atoms with van der Waals surface area (Å²) in [7, 11) is 3.03. The van der Waals surface area contributed by atoms with Crippen molar-refractivity contribution in [2.45, 2.75) is 0 Å². The lowest BCUT2D eigenvalue weighted by atomic mass is 10.1. The number of ether oxygens (including phenoxy) is 2. The number of methoxy groups -OCH3 is 2. The molecular formula is C25H19Cl2N3O5. The van der Waals surface area contributed by atoms with Gasteiger partial charge in [0.2, 0.25) is 0 Å². The minimum atomic E-state index is -0.662. The van der Waals surface area contributed by atoms with Crippen LogP contribution in [0.15, 0.2) is 77.5 Å². The molecule has 1 heterocycles. The molecule has 1 aliphatic rings. The third kappa shape index (κ3) is 4.94. The van der Waals surface area contributed by atoms with E-state index in [1.807, 2.05) is 0 Å². The number of benzene rings is 3. The predicted molar refractivity (Wildman–Crippen MR) is 134 cm³/mol. The molecule has 0 bridgehead atoms. The second kappa shape index (κ2) is 10.1. The Morgan fingerprint density at radius 2 is 1.63 bits per heavy atom. The van der Waals surface area contributed by atoms with E-state index in [-0.39, 0.29) is 16.6 Å². The first-order valence-electron chi connectivity index (χ1n) is 10.3. The van der Waals surface area contributed by atoms with Gasteiger partial charge in [-0.15, -0.1) is 0 Å². The number of rotatable bonds is 7. The van der Waals surface area contributed by atoms with Crippen molar-refractivity contribution in [2.75, 3.05) is 29.8 Å². The molecule has 3 amide bonds. The van der Waals surface area contributed by atoms with Crippen molar-refractivity contribution in [3.05, 3.63) is 88.0 Å². The smallest absolute Gasteiger partial charge is 0.283 e. The average molecular weight is 512 g/mol. The van der Waals surface area contributed by atoms with Gasteiger partial charge in [-0.3, -0.25) is 14.4 Å². The molecule has 1 aliphatic heterocycles. The summed E-state index contributed by atoms with van der Waals surface area (Å²) < 4.78 is 10.5. The number of carbonyl (C=O) groups excluding carboxylic acids is 3. The zero-order valence-corrected chi connectivity index (χ0v) is 20.1. The molecule has 2 N–H and O–H groups in total. The van der Waals surface area contributed by atoms with Gasteiger partial charge in [0.1, 0.15) is 22.2 Å². The summed E-state index contributed by atoms with van der Waals surface area (Å²) in [5.74, 6) is -0.612. The normalized spacial score (nSPS) is 13.2. The van der Waals surface area contributed by atoms with Gasteiger partial charge in [-0.05, 0) is 54.6 Å². The zero-order valence-electron chi connectivity index (χ0n) is 18.6. The third-order valence-electron chi connectivity index (χ3n) is 5.16. The van der Waals surface area contributed by atoms with Crippen molar-refractivity contribution >= 4 is 58.0 Å². The van der Waals surface area contributed by atoms with Crippen LogP contribution in [0.1, 0.15) is 10.4 Å². The van der Waals surface area contributed by atoms with Gasteiger partial charge in [-0.2, -0.15) is 0 Å². The van der Waals surface area contributed by atoms with Crippen molar-refractivity contribution in [3.63, 3.8) is 0 Å². The molecule has 178 valence electrons. The summed E-state index contributed by atoms with van der Waals surface area (Å²) in [6, 6.07) is 17.7. The lowest BCUT2D eigenvalue weighted by Gasteiger charge is -2.15. The number of nitrogens with one attached hydrogen (secondary N) is 2. The minimum Gasteiger partial charge on any atom is -0.497 e. The fourth-order valence-electron chi connectivity index (χ4n) is 3.42. The SMILES string of the molecule is COc1ccc(OC)c(NC(=O)c2ccc(NC3=C(Cl)C(=O)N(c4cccc(Cl)c4)C3=O)cc2)c1. The van der Waals surface area contributed by atoms with Gasteiger partial charge in [-0.1, -0.05) is 29.3 Å². The van der Waals surface area contributed by atoms with Gasteiger partial charge in [-0.25, -0.2) is 4.90 Å². The highest BCUT2D eigenvalue weighted by molar-refractivity contribution is 6.53. The molecule has 4 rings (SSSR count). The van der Waals surface area contributed by atoms with Crippen LogP contribution in [0.3, 0.4) is 0 Å². The van der Waals surface area contributed by atoms with Crippen LogP contribution >= 0.6 is 23.2 Å². The van der Waals surface area contributed by atoms with Crippen molar-refractivity contribution < 1.29 is 23.9 Å². The second-order valence-electron chi connectivity index (χ2n) is 7.34. The van der Waals surface area contributed by atoms with Crippen LogP contribution < -0.4 is 25.0 Å². The van der Waals surface area contributed by atoms with Crippen LogP contribution in [-0.2, 0) is 9.59 Å². The maximum atomic E-state index is 12.9. The average Bonchev–Trinajstić information content (AvgIpc) is 3.07. The van der Waals surface area contributed by atoms with Crippen molar-refractivity contribution in [1.82, 2.24) is 0 Å². The molecule has 0 spiro atoms. The van der Waals surface area contributed by atoms with E-state index in [0.717, 1.165) is 4.90 Å². The van der Waals surface area contributed by atoms with E-state index >= 15 is 0 Å². The van der Waals surface area contributed by atoms with E-state index in [1.165, 1.54) is 20.3 Å². The summed E-state index contributed by atoms with van der Waals surface area (Å²) in [4.78, 5) is 39.2. The quantitative estimate of drug-likeness (QED) is 0.431. The fraction of sp³-hybridized carbons (Fsp3) is 0.0800. The van der Waals surface area contributed by atoms with Crippen LogP contribution in [0.4, 0.5) is 17.1 Å². The zero-order chi connectivity index (χ0) is 25.1. The Labute approximate surface area is 211 Å². The molecule has 0 aliphatic carbocycles. The number of nitrogens with zero attached hydrogens (tertiary/aromatic N) is 1. The lowest BCUT2D eigenvalue weighted by molar-refractivity contribution is -0.120. The highest BCUT2D eigenvalue weighted by atomic mass is 35.5. The number of hydrogen-bond acceptors (Lipinski definition) is 6. The largest absolute Gasteiger partial charge is 0.497 e. The van der Waals surface area contributed by atoms with Gasteiger partial charge in [0.15, 0.2) is 0 Å². The Balaban J connectivity index is 1.49. The van der Waals surface area contributed by atoms with Gasteiger partial charge in [0.25, 0.3) is 17.7 Å². The van der Waals surface area contributed by atoms with Crippen molar-refractivity contribution in [2.24, 2.45) is 0 Å². The van der Waals surface area contributed by atoms with E-state index < -0.39 is 11.8 Å². The predicted octanol–water partition coefficient (Wildman–Crippen LogP) is 5.05. The molecule has 0 radical (unpaired) electrons. The molecule has 0 saturated heterocycles. The Bertz CT molecular complexity index is 1360. The van der Waals surface area contributed by atoms with Gasteiger partial charge >= 0.3 is 0 Å². The van der Waals surface area contributed by atoms with E-state index in [2.05, 4.69) is 10.6 Å². The number of imide groups is 1. The monoisotopic (exact) mass is 511 g/mol. The molecular weight excluding hydrogens is 493 g/mol. The minimum absolute atomic E-state index is 0.0741. The molecule has 3 aromatic carbocycles. The Morgan fingerprint density at radius 1 is 0.886 bits per heavy atom. The molecule has 0 fully saturated rings. The third-order valence-corrected chi connectivity index (χ3v) is 5.75. The van der Waals surface area contributed by atoms with Crippen LogP contribution in [-0.4, -0.2) is 31.9 Å². The summed E-state index contributed by atoms with van der Waals surface area (Å²) in [6.45, 7) is 0. The molecule has 0 atom stereocenters. The number of carbonyl (C=O) groups is 3. The Hall–Kier alpha value is -4.01. The van der Waals surface area contributed by atoms with E-state index in [0.29, 0.717) is 39.1 Å². The number of anilines is 3. The van der Waals surface area contributed by atoms with Crippen LogP contribution in [0, 0.1) is 0 Å². The molecule has 35 heavy (non-hydrogen) atoms. The van der Waals surface area contributed by atoms with Crippen LogP contribution in [0.2, 0.25) is 5.02 Å². The fourth-order valence-corrected chi connectivity index (χ4v) is 3.81. The van der Waals surface area contributed by atoms with E-state index in [9.17, 15) is 14.4 Å². The summed E-state index contributed by atoms with van der Waals surface area (Å²) >= 11 is 12.2. The molecule has 10 heteroatoms. The van der Waals surface area contributed by atoms with Crippen molar-refractivity contribution in [1.29, 1.82) is 0 Å². The van der Waals surface area contributed by atoms with Crippen LogP contribution in [0.25, 0.3) is 0 Å². The topological polar surface area (TPSA) is 97.0 Å². The molecule has 0 aromatic heterocycles. The van der Waals surface area contributed by atoms with Gasteiger partial charge in [0, 0.05) is 22.3 Å². The number of hydrogen-bond donors (Lipinski definition) is 2. The highest BCUT2D eigenvalue weighted by Gasteiger charge is 2.39. The summed E-state index contributed by atoms with van der Waals surface area (Å²) in [5, 5.41) is 5.78. The molecule has 0 saturated carbocycles. The maximum absolute atomic E-state index is 12.9. The number of halogens is 2. The molecule has 0 unspecified atom stereocenters. The van der Waals surface area contributed by atoms with Crippen LogP contribution in [0.5, 0.6) is 11.5 Å². The summed E-state index contributed by atoms with van der Waals surface area (Å²) in [5.41, 5.74) is 1.50.